The van der Waals surface area contributed by atoms with Crippen molar-refractivity contribution in [1.29, 1.82) is 0 Å². The molecule has 2 aliphatic rings. The van der Waals surface area contributed by atoms with Gasteiger partial charge in [0.15, 0.2) is 0 Å². The molecule has 2 amide bonds. The van der Waals surface area contributed by atoms with E-state index < -0.39 is 0 Å². The van der Waals surface area contributed by atoms with E-state index in [1.165, 1.54) is 24.1 Å². The molecule has 1 saturated carbocycles. The monoisotopic (exact) mass is 337 g/mol. The molecule has 0 radical (unpaired) electrons. The van der Waals surface area contributed by atoms with Gasteiger partial charge in [0, 0.05) is 24.9 Å². The highest BCUT2D eigenvalue weighted by Crippen LogP contribution is 2.39. The van der Waals surface area contributed by atoms with Gasteiger partial charge in [-0.15, -0.1) is 11.3 Å². The highest BCUT2D eigenvalue weighted by Gasteiger charge is 2.41. The molecule has 3 rings (SSSR count). The number of aromatic nitrogens is 1. The van der Waals surface area contributed by atoms with Crippen LogP contribution in [0.2, 0.25) is 0 Å². The third-order valence-electron chi connectivity index (χ3n) is 5.17. The summed E-state index contributed by atoms with van der Waals surface area (Å²) in [4.78, 5) is 19.6. The molecule has 1 aromatic heterocycles. The van der Waals surface area contributed by atoms with Crippen LogP contribution in [0.15, 0.2) is 5.51 Å². The minimum Gasteiger partial charge on any atom is -0.373 e. The summed E-state index contributed by atoms with van der Waals surface area (Å²) in [6.45, 7) is 3.40. The van der Waals surface area contributed by atoms with Crippen LogP contribution in [-0.2, 0) is 11.2 Å². The van der Waals surface area contributed by atoms with E-state index in [9.17, 15) is 4.79 Å². The van der Waals surface area contributed by atoms with Gasteiger partial charge in [-0.3, -0.25) is 0 Å². The standard InChI is InChI=1S/C17H27N3O2S/c1-13-15(23-12-18-13)6-9-20(2)16(21)19-14-10-17(22-11-14)7-4-3-5-8-17/h12,14H,3-11H2,1-2H3,(H,19,21)/t14-/m1/s1. The smallest absolute Gasteiger partial charge is 0.317 e. The second-order valence-electron chi connectivity index (χ2n) is 6.94. The normalized spacial score (nSPS) is 23.1. The number of amides is 2. The molecular formula is C17H27N3O2S. The number of carbonyl (C=O) groups excluding carboxylic acids is 1. The van der Waals surface area contributed by atoms with Gasteiger partial charge in [-0.2, -0.15) is 0 Å². The van der Waals surface area contributed by atoms with E-state index in [0.29, 0.717) is 13.2 Å². The van der Waals surface area contributed by atoms with Crippen molar-refractivity contribution in [2.45, 2.75) is 63.5 Å². The van der Waals surface area contributed by atoms with E-state index in [1.807, 2.05) is 19.5 Å². The maximum absolute atomic E-state index is 12.4. The van der Waals surface area contributed by atoms with E-state index in [-0.39, 0.29) is 17.7 Å². The molecule has 23 heavy (non-hydrogen) atoms. The molecule has 5 nitrogen and oxygen atoms in total. The SMILES string of the molecule is Cc1ncsc1CCN(C)C(=O)N[C@H]1COC2(CCCCC2)C1. The lowest BCUT2D eigenvalue weighted by Gasteiger charge is -2.32. The zero-order valence-corrected chi connectivity index (χ0v) is 15.0. The predicted octanol–water partition coefficient (Wildman–Crippen LogP) is 3.13. The first kappa shape index (κ1) is 16.7. The van der Waals surface area contributed by atoms with Crippen molar-refractivity contribution in [1.82, 2.24) is 15.2 Å². The van der Waals surface area contributed by atoms with Gasteiger partial charge in [0.2, 0.25) is 0 Å². The van der Waals surface area contributed by atoms with Crippen LogP contribution in [0.4, 0.5) is 4.79 Å². The van der Waals surface area contributed by atoms with Crippen molar-refractivity contribution in [2.24, 2.45) is 0 Å². The van der Waals surface area contributed by atoms with Gasteiger partial charge in [0.1, 0.15) is 0 Å². The van der Waals surface area contributed by atoms with Crippen molar-refractivity contribution in [3.8, 4) is 0 Å². The van der Waals surface area contributed by atoms with Gasteiger partial charge in [0.05, 0.1) is 29.5 Å². The summed E-state index contributed by atoms with van der Waals surface area (Å²) in [5.41, 5.74) is 2.99. The Morgan fingerprint density at radius 3 is 2.96 bits per heavy atom. The van der Waals surface area contributed by atoms with Crippen molar-refractivity contribution in [2.75, 3.05) is 20.2 Å². The van der Waals surface area contributed by atoms with Crippen molar-refractivity contribution < 1.29 is 9.53 Å². The molecule has 1 aromatic rings. The van der Waals surface area contributed by atoms with Crippen LogP contribution in [0, 0.1) is 6.92 Å². The van der Waals surface area contributed by atoms with Crippen LogP contribution >= 0.6 is 11.3 Å². The molecule has 2 fully saturated rings. The largest absolute Gasteiger partial charge is 0.373 e. The molecule has 0 unspecified atom stereocenters. The molecule has 6 heteroatoms. The Labute approximate surface area is 142 Å². The van der Waals surface area contributed by atoms with Crippen LogP contribution in [0.3, 0.4) is 0 Å². The van der Waals surface area contributed by atoms with Crippen molar-refractivity contribution >= 4 is 17.4 Å². The Morgan fingerprint density at radius 1 is 1.48 bits per heavy atom. The highest BCUT2D eigenvalue weighted by atomic mass is 32.1. The number of likely N-dealkylation sites (N-methyl/N-ethyl adjacent to an activating group) is 1. The number of thiazole rings is 1. The molecule has 0 bridgehead atoms. The summed E-state index contributed by atoms with van der Waals surface area (Å²) in [7, 11) is 1.86. The first-order chi connectivity index (χ1) is 11.1. The first-order valence-electron chi connectivity index (χ1n) is 8.62. The van der Waals surface area contributed by atoms with E-state index >= 15 is 0 Å². The van der Waals surface area contributed by atoms with Crippen LogP contribution in [0.25, 0.3) is 0 Å². The zero-order valence-electron chi connectivity index (χ0n) is 14.1. The summed E-state index contributed by atoms with van der Waals surface area (Å²) < 4.78 is 6.07. The maximum Gasteiger partial charge on any atom is 0.317 e. The molecule has 1 saturated heterocycles. The second-order valence-corrected chi connectivity index (χ2v) is 7.88. The second kappa shape index (κ2) is 7.18. The summed E-state index contributed by atoms with van der Waals surface area (Å²) >= 11 is 1.66. The Kier molecular flexibility index (Phi) is 5.21. The molecule has 2 heterocycles. The molecule has 1 atom stereocenters. The maximum atomic E-state index is 12.4. The lowest BCUT2D eigenvalue weighted by Crippen LogP contribution is -2.44. The lowest BCUT2D eigenvalue weighted by atomic mass is 9.82. The van der Waals surface area contributed by atoms with Gasteiger partial charge < -0.3 is 15.0 Å². The van der Waals surface area contributed by atoms with Gasteiger partial charge in [-0.05, 0) is 26.2 Å². The summed E-state index contributed by atoms with van der Waals surface area (Å²) in [6, 6.07) is 0.168. The van der Waals surface area contributed by atoms with E-state index in [1.54, 1.807) is 16.2 Å². The van der Waals surface area contributed by atoms with Crippen LogP contribution < -0.4 is 5.32 Å². The fourth-order valence-corrected chi connectivity index (χ4v) is 4.47. The van der Waals surface area contributed by atoms with E-state index in [0.717, 1.165) is 31.4 Å². The van der Waals surface area contributed by atoms with E-state index in [4.69, 9.17) is 4.74 Å². The number of rotatable bonds is 4. The molecule has 1 N–H and O–H groups in total. The lowest BCUT2D eigenvalue weighted by molar-refractivity contribution is -0.0246. The zero-order chi connectivity index (χ0) is 16.3. The third-order valence-corrected chi connectivity index (χ3v) is 6.16. The predicted molar refractivity (Wildman–Crippen MR) is 91.9 cm³/mol. The minimum absolute atomic E-state index is 0.00799. The molecule has 128 valence electrons. The Bertz CT molecular complexity index is 540. The molecule has 0 aromatic carbocycles. The minimum atomic E-state index is 0.00799. The number of nitrogens with zero attached hydrogens (tertiary/aromatic N) is 2. The van der Waals surface area contributed by atoms with Gasteiger partial charge in [-0.25, -0.2) is 9.78 Å². The van der Waals surface area contributed by atoms with Crippen molar-refractivity contribution in [3.63, 3.8) is 0 Å². The molecular weight excluding hydrogens is 310 g/mol. The Morgan fingerprint density at radius 2 is 2.26 bits per heavy atom. The fourth-order valence-electron chi connectivity index (χ4n) is 3.70. The van der Waals surface area contributed by atoms with Gasteiger partial charge >= 0.3 is 6.03 Å². The highest BCUT2D eigenvalue weighted by molar-refractivity contribution is 7.09. The number of urea groups is 1. The van der Waals surface area contributed by atoms with Crippen LogP contribution in [0.5, 0.6) is 0 Å². The average Bonchev–Trinajstić information content (AvgIpc) is 3.12. The number of nitrogens with one attached hydrogen (secondary N) is 1. The molecule has 1 aliphatic heterocycles. The first-order valence-corrected chi connectivity index (χ1v) is 9.50. The number of carbonyl (C=O) groups is 1. The number of hydrogen-bond donors (Lipinski definition) is 1. The summed E-state index contributed by atoms with van der Waals surface area (Å²) in [5.74, 6) is 0. The van der Waals surface area contributed by atoms with E-state index in [2.05, 4.69) is 10.3 Å². The number of ether oxygens (including phenoxy) is 1. The van der Waals surface area contributed by atoms with Gasteiger partial charge in [0.25, 0.3) is 0 Å². The van der Waals surface area contributed by atoms with Gasteiger partial charge in [-0.1, -0.05) is 19.3 Å². The third kappa shape index (κ3) is 4.04. The quantitative estimate of drug-likeness (QED) is 0.918. The summed E-state index contributed by atoms with van der Waals surface area (Å²) in [6.07, 6.45) is 7.98. The molecule has 1 spiro atoms. The van der Waals surface area contributed by atoms with Crippen LogP contribution in [-0.4, -0.2) is 47.8 Å². The Balaban J connectivity index is 1.44. The Hall–Kier alpha value is -1.14. The van der Waals surface area contributed by atoms with Crippen LogP contribution in [0.1, 0.15) is 49.1 Å². The summed E-state index contributed by atoms with van der Waals surface area (Å²) in [5, 5.41) is 3.14. The number of hydrogen-bond acceptors (Lipinski definition) is 4. The number of aryl methyl sites for hydroxylation is 1. The molecule has 1 aliphatic carbocycles. The average molecular weight is 337 g/mol. The fraction of sp³-hybridized carbons (Fsp3) is 0.765. The topological polar surface area (TPSA) is 54.5 Å². The van der Waals surface area contributed by atoms with Crippen molar-refractivity contribution in [3.05, 3.63) is 16.1 Å².